The Hall–Kier alpha value is -3.11. The van der Waals surface area contributed by atoms with Gasteiger partial charge in [-0.25, -0.2) is 4.98 Å². The zero-order valence-corrected chi connectivity index (χ0v) is 18.4. The van der Waals surface area contributed by atoms with Gasteiger partial charge in [0.1, 0.15) is 5.82 Å². The fraction of sp³-hybridized carbons (Fsp3) is 0.391. The third-order valence-electron chi connectivity index (χ3n) is 5.79. The average molecular weight is 462 g/mol. The molecule has 1 aliphatic heterocycles. The van der Waals surface area contributed by atoms with E-state index in [4.69, 9.17) is 9.47 Å². The number of alkyl halides is 3. The van der Waals surface area contributed by atoms with Gasteiger partial charge in [-0.15, -0.1) is 0 Å². The Balaban J connectivity index is 1.38. The van der Waals surface area contributed by atoms with Crippen LogP contribution in [-0.4, -0.2) is 60.2 Å². The van der Waals surface area contributed by atoms with Crippen LogP contribution in [0, 0.1) is 0 Å². The van der Waals surface area contributed by atoms with E-state index >= 15 is 0 Å². The highest BCUT2D eigenvalue weighted by Crippen LogP contribution is 2.30. The maximum absolute atomic E-state index is 12.7. The van der Waals surface area contributed by atoms with Crippen molar-refractivity contribution < 1.29 is 22.6 Å². The number of halogens is 3. The van der Waals surface area contributed by atoms with Crippen LogP contribution in [0.3, 0.4) is 0 Å². The van der Waals surface area contributed by atoms with Crippen molar-refractivity contribution in [3.63, 3.8) is 0 Å². The van der Waals surface area contributed by atoms with Crippen LogP contribution in [0.2, 0.25) is 0 Å². The van der Waals surface area contributed by atoms with Gasteiger partial charge in [0.25, 0.3) is 5.56 Å². The Labute approximate surface area is 188 Å². The molecule has 0 spiro atoms. The van der Waals surface area contributed by atoms with Gasteiger partial charge in [-0.05, 0) is 23.8 Å². The number of ether oxygens (including phenoxy) is 2. The summed E-state index contributed by atoms with van der Waals surface area (Å²) in [6, 6.07) is 8.61. The van der Waals surface area contributed by atoms with E-state index in [1.165, 1.54) is 26.4 Å². The van der Waals surface area contributed by atoms with Crippen LogP contribution in [0.4, 0.5) is 13.2 Å². The maximum atomic E-state index is 12.7. The van der Waals surface area contributed by atoms with Crippen LogP contribution < -0.4 is 15.0 Å². The third kappa shape index (κ3) is 5.28. The molecule has 2 heterocycles. The van der Waals surface area contributed by atoms with Crippen LogP contribution in [0.1, 0.15) is 17.0 Å². The minimum absolute atomic E-state index is 0.239. The summed E-state index contributed by atoms with van der Waals surface area (Å²) in [5.74, 6) is 1.54. The summed E-state index contributed by atoms with van der Waals surface area (Å²) in [5.41, 5.74) is 0.509. The van der Waals surface area contributed by atoms with Crippen LogP contribution in [0.5, 0.6) is 11.5 Å². The van der Waals surface area contributed by atoms with E-state index in [2.05, 4.69) is 19.8 Å². The summed E-state index contributed by atoms with van der Waals surface area (Å²) < 4.78 is 48.7. The van der Waals surface area contributed by atoms with Crippen molar-refractivity contribution in [3.05, 3.63) is 63.7 Å². The van der Waals surface area contributed by atoms with E-state index in [-0.39, 0.29) is 5.56 Å². The van der Waals surface area contributed by atoms with Crippen molar-refractivity contribution in [1.29, 1.82) is 0 Å². The molecular weight excluding hydrogens is 437 g/mol. The molecule has 1 saturated heterocycles. The SMILES string of the molecule is COc1cc2nc(CN3CCN(Cc4ccc(C(F)(F)F)cc4)CC3)[nH]c(=O)c2cc1OC. The highest BCUT2D eigenvalue weighted by molar-refractivity contribution is 5.81. The molecular formula is C23H25F3N4O3. The molecule has 0 aliphatic carbocycles. The predicted octanol–water partition coefficient (Wildman–Crippen LogP) is 3.28. The number of fused-ring (bicyclic) bond motifs is 1. The molecule has 1 aliphatic rings. The van der Waals surface area contributed by atoms with Gasteiger partial charge in [0.2, 0.25) is 0 Å². The first kappa shape index (κ1) is 23.1. The molecule has 1 aromatic heterocycles. The number of H-pyrrole nitrogens is 1. The Bertz CT molecular complexity index is 1170. The quantitative estimate of drug-likeness (QED) is 0.607. The molecule has 176 valence electrons. The van der Waals surface area contributed by atoms with Crippen LogP contribution in [-0.2, 0) is 19.3 Å². The molecule has 0 unspecified atom stereocenters. The molecule has 2 aromatic carbocycles. The monoisotopic (exact) mass is 462 g/mol. The molecule has 0 radical (unpaired) electrons. The van der Waals surface area contributed by atoms with E-state index < -0.39 is 11.7 Å². The lowest BCUT2D eigenvalue weighted by molar-refractivity contribution is -0.137. The van der Waals surface area contributed by atoms with Crippen molar-refractivity contribution in [2.45, 2.75) is 19.3 Å². The number of benzene rings is 2. The number of rotatable bonds is 6. The van der Waals surface area contributed by atoms with Gasteiger partial charge in [0.15, 0.2) is 11.5 Å². The Morgan fingerprint density at radius 1 is 0.939 bits per heavy atom. The maximum Gasteiger partial charge on any atom is 0.416 e. The highest BCUT2D eigenvalue weighted by atomic mass is 19.4. The molecule has 0 atom stereocenters. The fourth-order valence-corrected chi connectivity index (χ4v) is 3.96. The number of aromatic amines is 1. The molecule has 0 saturated carbocycles. The first-order chi connectivity index (χ1) is 15.8. The molecule has 0 bridgehead atoms. The summed E-state index contributed by atoms with van der Waals surface area (Å²) in [5, 5.41) is 0.428. The summed E-state index contributed by atoms with van der Waals surface area (Å²) in [4.78, 5) is 24.4. The lowest BCUT2D eigenvalue weighted by Crippen LogP contribution is -2.45. The average Bonchev–Trinajstić information content (AvgIpc) is 2.79. The zero-order chi connectivity index (χ0) is 23.6. The van der Waals surface area contributed by atoms with Gasteiger partial charge < -0.3 is 14.5 Å². The standard InChI is InChI=1S/C23H25F3N4O3/c1-32-19-11-17-18(12-20(19)33-2)27-21(28-22(17)31)14-30-9-7-29(8-10-30)13-15-3-5-16(6-4-15)23(24,25)26/h3-6,11-12H,7-10,13-14H2,1-2H3,(H,27,28,31). The van der Waals surface area contributed by atoms with Gasteiger partial charge in [-0.1, -0.05) is 12.1 Å². The second kappa shape index (κ2) is 9.40. The third-order valence-corrected chi connectivity index (χ3v) is 5.79. The summed E-state index contributed by atoms with van der Waals surface area (Å²) in [7, 11) is 3.04. The van der Waals surface area contributed by atoms with Gasteiger partial charge >= 0.3 is 6.18 Å². The minimum Gasteiger partial charge on any atom is -0.493 e. The summed E-state index contributed by atoms with van der Waals surface area (Å²) in [6.45, 7) is 4.14. The van der Waals surface area contributed by atoms with Crippen molar-refractivity contribution in [3.8, 4) is 11.5 Å². The molecule has 1 N–H and O–H groups in total. The normalized spacial score (nSPS) is 15.7. The van der Waals surface area contributed by atoms with Gasteiger partial charge in [-0.3, -0.25) is 14.6 Å². The largest absolute Gasteiger partial charge is 0.493 e. The van der Waals surface area contributed by atoms with Crippen LogP contribution in [0.25, 0.3) is 10.9 Å². The molecule has 10 heteroatoms. The molecule has 33 heavy (non-hydrogen) atoms. The van der Waals surface area contributed by atoms with Crippen LogP contribution >= 0.6 is 0 Å². The van der Waals surface area contributed by atoms with Gasteiger partial charge in [0, 0.05) is 38.8 Å². The summed E-state index contributed by atoms with van der Waals surface area (Å²) in [6.07, 6.45) is -4.32. The van der Waals surface area contributed by atoms with Crippen molar-refractivity contribution in [2.75, 3.05) is 40.4 Å². The number of hydrogen-bond donors (Lipinski definition) is 1. The lowest BCUT2D eigenvalue weighted by atomic mass is 10.1. The van der Waals surface area contributed by atoms with Crippen molar-refractivity contribution in [1.82, 2.24) is 19.8 Å². The van der Waals surface area contributed by atoms with Gasteiger partial charge in [0.05, 0.1) is 37.2 Å². The Kier molecular flexibility index (Phi) is 6.57. The van der Waals surface area contributed by atoms with E-state index in [1.807, 2.05) is 0 Å². The number of piperazine rings is 1. The zero-order valence-electron chi connectivity index (χ0n) is 18.4. The van der Waals surface area contributed by atoms with E-state index in [0.717, 1.165) is 43.9 Å². The van der Waals surface area contributed by atoms with E-state index in [0.29, 0.717) is 41.3 Å². The molecule has 3 aromatic rings. The second-order valence-corrected chi connectivity index (χ2v) is 7.98. The predicted molar refractivity (Wildman–Crippen MR) is 117 cm³/mol. The smallest absolute Gasteiger partial charge is 0.416 e. The highest BCUT2D eigenvalue weighted by Gasteiger charge is 2.30. The number of aromatic nitrogens is 2. The number of hydrogen-bond acceptors (Lipinski definition) is 6. The molecule has 7 nitrogen and oxygen atoms in total. The van der Waals surface area contributed by atoms with Crippen molar-refractivity contribution >= 4 is 10.9 Å². The molecule has 1 fully saturated rings. The molecule has 0 amide bonds. The summed E-state index contributed by atoms with van der Waals surface area (Å²) >= 11 is 0. The first-order valence-corrected chi connectivity index (χ1v) is 10.5. The topological polar surface area (TPSA) is 70.7 Å². The molecule has 4 rings (SSSR count). The number of methoxy groups -OCH3 is 2. The van der Waals surface area contributed by atoms with E-state index in [9.17, 15) is 18.0 Å². The minimum atomic E-state index is -4.32. The Morgan fingerprint density at radius 2 is 1.52 bits per heavy atom. The number of nitrogens with one attached hydrogen (secondary N) is 1. The van der Waals surface area contributed by atoms with Gasteiger partial charge in [-0.2, -0.15) is 13.2 Å². The Morgan fingerprint density at radius 3 is 2.09 bits per heavy atom. The lowest BCUT2D eigenvalue weighted by Gasteiger charge is -2.34. The van der Waals surface area contributed by atoms with E-state index in [1.54, 1.807) is 12.1 Å². The fourth-order valence-electron chi connectivity index (χ4n) is 3.96. The van der Waals surface area contributed by atoms with Crippen LogP contribution in [0.15, 0.2) is 41.2 Å². The first-order valence-electron chi connectivity index (χ1n) is 10.5. The second-order valence-electron chi connectivity index (χ2n) is 7.98. The van der Waals surface area contributed by atoms with Crippen molar-refractivity contribution in [2.24, 2.45) is 0 Å². The number of nitrogens with zero attached hydrogens (tertiary/aromatic N) is 3.